The Bertz CT molecular complexity index is 726. The first-order chi connectivity index (χ1) is 11.5. The molecule has 10 heteroatoms. The molecule has 1 amide bonds. The highest BCUT2D eigenvalue weighted by molar-refractivity contribution is 5.92. The van der Waals surface area contributed by atoms with Crippen LogP contribution in [0.2, 0.25) is 0 Å². The number of nitrogens with one attached hydrogen (secondary N) is 1. The summed E-state index contributed by atoms with van der Waals surface area (Å²) in [6.45, 7) is 2.62. The molecule has 0 saturated carbocycles. The highest BCUT2D eigenvalue weighted by Gasteiger charge is 2.34. The van der Waals surface area contributed by atoms with E-state index >= 15 is 0 Å². The fourth-order valence-electron chi connectivity index (χ4n) is 2.60. The summed E-state index contributed by atoms with van der Waals surface area (Å²) in [5, 5.41) is 10.6. The van der Waals surface area contributed by atoms with Gasteiger partial charge in [0.25, 0.3) is 5.91 Å². The predicted octanol–water partition coefficient (Wildman–Crippen LogP) is 2.14. The third kappa shape index (κ3) is 4.29. The van der Waals surface area contributed by atoms with Gasteiger partial charge in [-0.2, -0.15) is 13.2 Å². The fraction of sp³-hybridized carbons (Fsp3) is 0.400. The van der Waals surface area contributed by atoms with Gasteiger partial charge in [-0.05, 0) is 25.1 Å². The molecule has 3 rings (SSSR count). The van der Waals surface area contributed by atoms with Crippen molar-refractivity contribution in [3.05, 3.63) is 41.7 Å². The molecule has 1 aliphatic rings. The second kappa shape index (κ2) is 7.83. The van der Waals surface area contributed by atoms with Gasteiger partial charge in [0.2, 0.25) is 0 Å². The molecule has 0 bridgehead atoms. The number of aromatic nitrogens is 3. The normalized spacial score (nSPS) is 15.4. The average molecular weight is 376 g/mol. The minimum absolute atomic E-state index is 0. The van der Waals surface area contributed by atoms with E-state index in [0.29, 0.717) is 19.6 Å². The zero-order valence-corrected chi connectivity index (χ0v) is 14.0. The summed E-state index contributed by atoms with van der Waals surface area (Å²) in [4.78, 5) is 14.1. The van der Waals surface area contributed by atoms with Crippen LogP contribution < -0.4 is 5.32 Å². The van der Waals surface area contributed by atoms with Crippen molar-refractivity contribution in [2.24, 2.45) is 0 Å². The van der Waals surface area contributed by atoms with Crippen LogP contribution in [-0.4, -0.2) is 52.0 Å². The van der Waals surface area contributed by atoms with E-state index in [4.69, 9.17) is 0 Å². The van der Waals surface area contributed by atoms with E-state index < -0.39 is 11.7 Å². The summed E-state index contributed by atoms with van der Waals surface area (Å²) < 4.78 is 40.3. The summed E-state index contributed by atoms with van der Waals surface area (Å²) in [5.41, 5.74) is -0.948. The van der Waals surface area contributed by atoms with Gasteiger partial charge in [0, 0.05) is 19.6 Å². The van der Waals surface area contributed by atoms with Gasteiger partial charge in [-0.1, -0.05) is 17.3 Å². The van der Waals surface area contributed by atoms with Crippen molar-refractivity contribution in [2.75, 3.05) is 26.2 Å². The summed E-state index contributed by atoms with van der Waals surface area (Å²) in [6, 6.07) is 5.05. The van der Waals surface area contributed by atoms with Crippen LogP contribution in [-0.2, 0) is 6.18 Å². The zero-order valence-electron chi connectivity index (χ0n) is 13.2. The van der Waals surface area contributed by atoms with Crippen molar-refractivity contribution >= 4 is 18.3 Å². The van der Waals surface area contributed by atoms with Gasteiger partial charge >= 0.3 is 6.18 Å². The van der Waals surface area contributed by atoms with E-state index in [1.165, 1.54) is 24.4 Å². The quantitative estimate of drug-likeness (QED) is 0.873. The van der Waals surface area contributed by atoms with Crippen molar-refractivity contribution in [3.63, 3.8) is 0 Å². The minimum Gasteiger partial charge on any atom is -0.336 e. The van der Waals surface area contributed by atoms with Gasteiger partial charge in [0.15, 0.2) is 5.69 Å². The number of halogens is 4. The summed E-state index contributed by atoms with van der Waals surface area (Å²) in [5.74, 6) is -0.325. The first kappa shape index (κ1) is 19.2. The molecule has 25 heavy (non-hydrogen) atoms. The van der Waals surface area contributed by atoms with E-state index in [1.807, 2.05) is 0 Å². The van der Waals surface area contributed by atoms with Crippen molar-refractivity contribution in [1.82, 2.24) is 25.2 Å². The number of carbonyl (C=O) groups is 1. The van der Waals surface area contributed by atoms with Crippen LogP contribution >= 0.6 is 12.4 Å². The number of hydrogen-bond donors (Lipinski definition) is 1. The largest absolute Gasteiger partial charge is 0.418 e. The number of alkyl halides is 3. The summed E-state index contributed by atoms with van der Waals surface area (Å²) in [6.07, 6.45) is -2.45. The smallest absolute Gasteiger partial charge is 0.336 e. The van der Waals surface area contributed by atoms with Crippen molar-refractivity contribution in [1.29, 1.82) is 0 Å². The first-order valence-corrected chi connectivity index (χ1v) is 7.56. The molecule has 0 spiro atoms. The van der Waals surface area contributed by atoms with E-state index in [1.54, 1.807) is 4.90 Å². The molecule has 6 nitrogen and oxygen atoms in total. The lowest BCUT2D eigenvalue weighted by atomic mass is 10.1. The summed E-state index contributed by atoms with van der Waals surface area (Å²) >= 11 is 0. The number of rotatable bonds is 2. The monoisotopic (exact) mass is 375 g/mol. The van der Waals surface area contributed by atoms with Gasteiger partial charge in [-0.3, -0.25) is 4.79 Å². The lowest BCUT2D eigenvalue weighted by Gasteiger charge is -2.18. The number of para-hydroxylation sites is 1. The fourth-order valence-corrected chi connectivity index (χ4v) is 2.60. The predicted molar refractivity (Wildman–Crippen MR) is 87.0 cm³/mol. The standard InChI is InChI=1S/C15H16F3N5O.ClH/c16-15(17,18)11-4-1-2-5-13(11)23-10-12(20-21-23)14(24)22-8-3-6-19-7-9-22;/h1-2,4-5,10,19H,3,6-9H2;1H. The lowest BCUT2D eigenvalue weighted by Crippen LogP contribution is -2.34. The molecular weight excluding hydrogens is 359 g/mol. The number of hydrogen-bond acceptors (Lipinski definition) is 4. The maximum Gasteiger partial charge on any atom is 0.418 e. The molecule has 1 saturated heterocycles. The molecule has 136 valence electrons. The Kier molecular flexibility index (Phi) is 6.02. The van der Waals surface area contributed by atoms with Crippen LogP contribution in [0.15, 0.2) is 30.5 Å². The van der Waals surface area contributed by atoms with E-state index in [9.17, 15) is 18.0 Å². The van der Waals surface area contributed by atoms with Crippen LogP contribution in [0.3, 0.4) is 0 Å². The average Bonchev–Trinajstić information content (AvgIpc) is 2.89. The van der Waals surface area contributed by atoms with E-state index in [2.05, 4.69) is 15.6 Å². The Labute approximate surface area is 148 Å². The molecule has 0 radical (unpaired) electrons. The summed E-state index contributed by atoms with van der Waals surface area (Å²) in [7, 11) is 0. The van der Waals surface area contributed by atoms with Gasteiger partial charge in [-0.15, -0.1) is 17.5 Å². The Morgan fingerprint density at radius 2 is 1.92 bits per heavy atom. The Morgan fingerprint density at radius 3 is 2.68 bits per heavy atom. The Morgan fingerprint density at radius 1 is 1.16 bits per heavy atom. The third-order valence-electron chi connectivity index (χ3n) is 3.80. The highest BCUT2D eigenvalue weighted by Crippen LogP contribution is 2.33. The maximum absolute atomic E-state index is 13.1. The van der Waals surface area contributed by atoms with Crippen molar-refractivity contribution in [2.45, 2.75) is 12.6 Å². The first-order valence-electron chi connectivity index (χ1n) is 7.56. The van der Waals surface area contributed by atoms with E-state index in [-0.39, 0.29) is 29.7 Å². The number of carbonyl (C=O) groups excluding carboxylic acids is 1. The molecular formula is C15H17ClF3N5O. The molecule has 2 heterocycles. The lowest BCUT2D eigenvalue weighted by molar-refractivity contribution is -0.137. The maximum atomic E-state index is 13.1. The van der Waals surface area contributed by atoms with Crippen molar-refractivity contribution < 1.29 is 18.0 Å². The van der Waals surface area contributed by atoms with Crippen LogP contribution in [0, 0.1) is 0 Å². The highest BCUT2D eigenvalue weighted by atomic mass is 35.5. The molecule has 2 aromatic rings. The molecule has 1 aromatic carbocycles. The van der Waals surface area contributed by atoms with Gasteiger partial charge in [0.05, 0.1) is 17.4 Å². The van der Waals surface area contributed by atoms with Gasteiger partial charge in [-0.25, -0.2) is 4.68 Å². The molecule has 1 aliphatic heterocycles. The third-order valence-corrected chi connectivity index (χ3v) is 3.80. The second-order valence-electron chi connectivity index (χ2n) is 5.46. The molecule has 1 aromatic heterocycles. The molecule has 0 aliphatic carbocycles. The van der Waals surface area contributed by atoms with Gasteiger partial charge < -0.3 is 10.2 Å². The van der Waals surface area contributed by atoms with Crippen LogP contribution in [0.25, 0.3) is 5.69 Å². The second-order valence-corrected chi connectivity index (χ2v) is 5.46. The van der Waals surface area contributed by atoms with Crippen LogP contribution in [0.1, 0.15) is 22.5 Å². The minimum atomic E-state index is -4.51. The molecule has 1 fully saturated rings. The van der Waals surface area contributed by atoms with Crippen molar-refractivity contribution in [3.8, 4) is 5.69 Å². The Hall–Kier alpha value is -2.13. The van der Waals surface area contributed by atoms with Gasteiger partial charge in [0.1, 0.15) is 0 Å². The van der Waals surface area contributed by atoms with E-state index in [0.717, 1.165) is 23.7 Å². The Balaban J connectivity index is 0.00000225. The zero-order chi connectivity index (χ0) is 17.2. The van der Waals surface area contributed by atoms with Crippen LogP contribution in [0.5, 0.6) is 0 Å². The molecule has 0 unspecified atom stereocenters. The number of benzene rings is 1. The SMILES string of the molecule is Cl.O=C(c1cn(-c2ccccc2C(F)(F)F)nn1)N1CCCNCC1. The van der Waals surface area contributed by atoms with Crippen LogP contribution in [0.4, 0.5) is 13.2 Å². The molecule has 1 N–H and O–H groups in total. The number of nitrogens with zero attached hydrogens (tertiary/aromatic N) is 4. The topological polar surface area (TPSA) is 63.1 Å². The molecule has 0 atom stereocenters. The number of amides is 1.